The Morgan fingerprint density at radius 2 is 1.94 bits per heavy atom. The van der Waals surface area contributed by atoms with Gasteiger partial charge in [0.15, 0.2) is 5.96 Å². The van der Waals surface area contributed by atoms with Crippen LogP contribution in [0, 0.1) is 11.8 Å². The van der Waals surface area contributed by atoms with E-state index in [9.17, 15) is 0 Å². The molecule has 0 aromatic rings. The molecule has 0 heterocycles. The van der Waals surface area contributed by atoms with Crippen LogP contribution in [0.1, 0.15) is 40.5 Å². The van der Waals surface area contributed by atoms with E-state index in [1.807, 2.05) is 6.92 Å². The average Bonchev–Trinajstić information content (AvgIpc) is 2.30. The van der Waals surface area contributed by atoms with Gasteiger partial charge in [0.25, 0.3) is 0 Å². The maximum Gasteiger partial charge on any atom is 0.191 e. The topological polar surface area (TPSA) is 56.7 Å². The molecule has 0 fully saturated rings. The fourth-order valence-corrected chi connectivity index (χ4v) is 1.36. The summed E-state index contributed by atoms with van der Waals surface area (Å²) < 4.78 is 0. The SMILES string of the molecule is CCNC(=NCC(C)CO)NCCCC(C)C. The lowest BCUT2D eigenvalue weighted by molar-refractivity contribution is 0.241. The molecule has 4 nitrogen and oxygen atoms in total. The fraction of sp³-hybridized carbons (Fsp3) is 0.923. The largest absolute Gasteiger partial charge is 0.396 e. The first-order valence-corrected chi connectivity index (χ1v) is 6.73. The van der Waals surface area contributed by atoms with Gasteiger partial charge in [-0.1, -0.05) is 20.8 Å². The molecule has 102 valence electrons. The maximum absolute atomic E-state index is 8.94. The summed E-state index contributed by atoms with van der Waals surface area (Å²) in [5.41, 5.74) is 0. The molecule has 0 aromatic heterocycles. The molecule has 1 atom stereocenters. The zero-order chi connectivity index (χ0) is 13.1. The van der Waals surface area contributed by atoms with E-state index in [2.05, 4.69) is 36.4 Å². The van der Waals surface area contributed by atoms with Crippen LogP contribution in [-0.2, 0) is 0 Å². The smallest absolute Gasteiger partial charge is 0.191 e. The van der Waals surface area contributed by atoms with Gasteiger partial charge in [0.05, 0.1) is 0 Å². The van der Waals surface area contributed by atoms with Gasteiger partial charge in [-0.3, -0.25) is 4.99 Å². The van der Waals surface area contributed by atoms with Crippen LogP contribution in [0.25, 0.3) is 0 Å². The minimum Gasteiger partial charge on any atom is -0.396 e. The van der Waals surface area contributed by atoms with Crippen molar-refractivity contribution in [1.29, 1.82) is 0 Å². The zero-order valence-electron chi connectivity index (χ0n) is 11.8. The standard InChI is InChI=1S/C13H29N3O/c1-5-14-13(16-9-12(4)10-17)15-8-6-7-11(2)3/h11-12,17H,5-10H2,1-4H3,(H2,14,15,16). The van der Waals surface area contributed by atoms with Crippen molar-refractivity contribution in [2.75, 3.05) is 26.2 Å². The second-order valence-electron chi connectivity index (χ2n) is 4.97. The molecule has 0 amide bonds. The summed E-state index contributed by atoms with van der Waals surface area (Å²) in [4.78, 5) is 4.44. The Bertz CT molecular complexity index is 205. The van der Waals surface area contributed by atoms with Crippen LogP contribution in [0.5, 0.6) is 0 Å². The summed E-state index contributed by atoms with van der Waals surface area (Å²) in [6.45, 7) is 11.2. The molecule has 0 spiro atoms. The molecule has 0 saturated carbocycles. The maximum atomic E-state index is 8.94. The summed E-state index contributed by atoms with van der Waals surface area (Å²) in [7, 11) is 0. The Hall–Kier alpha value is -0.770. The lowest BCUT2D eigenvalue weighted by atomic mass is 10.1. The van der Waals surface area contributed by atoms with Crippen LogP contribution in [0.2, 0.25) is 0 Å². The molecule has 17 heavy (non-hydrogen) atoms. The Labute approximate surface area is 106 Å². The summed E-state index contributed by atoms with van der Waals surface area (Å²) in [6.07, 6.45) is 2.40. The number of rotatable bonds is 8. The van der Waals surface area contributed by atoms with Crippen LogP contribution in [0.15, 0.2) is 4.99 Å². The summed E-state index contributed by atoms with van der Waals surface area (Å²) in [6, 6.07) is 0. The van der Waals surface area contributed by atoms with Crippen molar-refractivity contribution in [3.8, 4) is 0 Å². The Morgan fingerprint density at radius 3 is 2.47 bits per heavy atom. The number of aliphatic hydroxyl groups excluding tert-OH is 1. The summed E-state index contributed by atoms with van der Waals surface area (Å²) in [5, 5.41) is 15.5. The van der Waals surface area contributed by atoms with Crippen molar-refractivity contribution in [3.05, 3.63) is 0 Å². The molecule has 0 aromatic carbocycles. The van der Waals surface area contributed by atoms with E-state index >= 15 is 0 Å². The number of aliphatic imine (C=N–C) groups is 1. The molecule has 0 saturated heterocycles. The van der Waals surface area contributed by atoms with Crippen molar-refractivity contribution in [2.24, 2.45) is 16.8 Å². The lowest BCUT2D eigenvalue weighted by Gasteiger charge is -2.13. The second-order valence-corrected chi connectivity index (χ2v) is 4.97. The number of nitrogens with zero attached hydrogens (tertiary/aromatic N) is 1. The van der Waals surface area contributed by atoms with Gasteiger partial charge in [-0.2, -0.15) is 0 Å². The molecule has 1 unspecified atom stereocenters. The highest BCUT2D eigenvalue weighted by atomic mass is 16.3. The number of hydrogen-bond acceptors (Lipinski definition) is 2. The van der Waals surface area contributed by atoms with Gasteiger partial charge in [-0.05, 0) is 31.6 Å². The van der Waals surface area contributed by atoms with Crippen molar-refractivity contribution < 1.29 is 5.11 Å². The van der Waals surface area contributed by atoms with Gasteiger partial charge >= 0.3 is 0 Å². The Balaban J connectivity index is 3.88. The average molecular weight is 243 g/mol. The molecule has 0 radical (unpaired) electrons. The highest BCUT2D eigenvalue weighted by molar-refractivity contribution is 5.79. The van der Waals surface area contributed by atoms with Gasteiger partial charge in [0.2, 0.25) is 0 Å². The number of guanidine groups is 1. The van der Waals surface area contributed by atoms with Crippen LogP contribution in [-0.4, -0.2) is 37.3 Å². The van der Waals surface area contributed by atoms with Gasteiger partial charge in [0, 0.05) is 26.2 Å². The van der Waals surface area contributed by atoms with E-state index in [1.165, 1.54) is 6.42 Å². The van der Waals surface area contributed by atoms with E-state index < -0.39 is 0 Å². The monoisotopic (exact) mass is 243 g/mol. The van der Waals surface area contributed by atoms with Crippen molar-refractivity contribution in [3.63, 3.8) is 0 Å². The van der Waals surface area contributed by atoms with Gasteiger partial charge in [0.1, 0.15) is 0 Å². The zero-order valence-corrected chi connectivity index (χ0v) is 11.8. The first-order chi connectivity index (χ1) is 8.10. The van der Waals surface area contributed by atoms with E-state index in [0.29, 0.717) is 6.54 Å². The Morgan fingerprint density at radius 1 is 1.24 bits per heavy atom. The van der Waals surface area contributed by atoms with Gasteiger partial charge in [-0.25, -0.2) is 0 Å². The lowest BCUT2D eigenvalue weighted by Crippen LogP contribution is -2.38. The highest BCUT2D eigenvalue weighted by Gasteiger charge is 2.01. The van der Waals surface area contributed by atoms with Crippen LogP contribution < -0.4 is 10.6 Å². The number of aliphatic hydroxyl groups is 1. The first-order valence-electron chi connectivity index (χ1n) is 6.73. The van der Waals surface area contributed by atoms with Crippen molar-refractivity contribution in [2.45, 2.75) is 40.5 Å². The molecule has 0 bridgehead atoms. The molecular formula is C13H29N3O. The normalized spacial score (nSPS) is 13.9. The molecule has 3 N–H and O–H groups in total. The number of nitrogens with one attached hydrogen (secondary N) is 2. The molecule has 4 heteroatoms. The molecular weight excluding hydrogens is 214 g/mol. The second kappa shape index (κ2) is 10.4. The third kappa shape index (κ3) is 10.1. The minimum atomic E-state index is 0.191. The van der Waals surface area contributed by atoms with Gasteiger partial charge in [-0.15, -0.1) is 0 Å². The van der Waals surface area contributed by atoms with Crippen molar-refractivity contribution in [1.82, 2.24) is 10.6 Å². The molecule has 0 aliphatic rings. The van der Waals surface area contributed by atoms with Crippen LogP contribution >= 0.6 is 0 Å². The Kier molecular flexibility index (Phi) is 9.92. The predicted molar refractivity (Wildman–Crippen MR) is 74.3 cm³/mol. The minimum absolute atomic E-state index is 0.191. The van der Waals surface area contributed by atoms with E-state index in [-0.39, 0.29) is 12.5 Å². The van der Waals surface area contributed by atoms with Crippen LogP contribution in [0.4, 0.5) is 0 Å². The third-order valence-electron chi connectivity index (χ3n) is 2.47. The van der Waals surface area contributed by atoms with E-state index in [1.54, 1.807) is 0 Å². The summed E-state index contributed by atoms with van der Waals surface area (Å²) >= 11 is 0. The fourth-order valence-electron chi connectivity index (χ4n) is 1.36. The first kappa shape index (κ1) is 16.2. The van der Waals surface area contributed by atoms with Gasteiger partial charge < -0.3 is 15.7 Å². The highest BCUT2D eigenvalue weighted by Crippen LogP contribution is 2.01. The van der Waals surface area contributed by atoms with Crippen molar-refractivity contribution >= 4 is 5.96 Å². The quantitative estimate of drug-likeness (QED) is 0.345. The predicted octanol–water partition coefficient (Wildman–Crippen LogP) is 1.61. The third-order valence-corrected chi connectivity index (χ3v) is 2.47. The molecule has 0 aliphatic heterocycles. The van der Waals surface area contributed by atoms with Crippen LogP contribution in [0.3, 0.4) is 0 Å². The van der Waals surface area contributed by atoms with E-state index in [4.69, 9.17) is 5.11 Å². The molecule has 0 rings (SSSR count). The van der Waals surface area contributed by atoms with E-state index in [0.717, 1.165) is 31.4 Å². The molecule has 0 aliphatic carbocycles. The number of hydrogen-bond donors (Lipinski definition) is 3. The summed E-state index contributed by atoms with van der Waals surface area (Å²) in [5.74, 6) is 1.84.